The fourth-order valence-electron chi connectivity index (χ4n) is 3.99. The number of carbonyl (C=O) groups is 3. The molecule has 1 fully saturated rings. The Morgan fingerprint density at radius 1 is 1.16 bits per heavy atom. The summed E-state index contributed by atoms with van der Waals surface area (Å²) in [5, 5.41) is 0. The Hall–Kier alpha value is -3.20. The quantitative estimate of drug-likeness (QED) is 0.671. The summed E-state index contributed by atoms with van der Waals surface area (Å²) in [6.07, 6.45) is 9.74. The van der Waals surface area contributed by atoms with Crippen molar-refractivity contribution in [3.05, 3.63) is 36.2 Å². The van der Waals surface area contributed by atoms with Gasteiger partial charge >= 0.3 is 6.09 Å². The zero-order valence-corrected chi connectivity index (χ0v) is 18.6. The van der Waals surface area contributed by atoms with Crippen molar-refractivity contribution in [1.29, 1.82) is 0 Å². The molecule has 1 amide bonds. The summed E-state index contributed by atoms with van der Waals surface area (Å²) >= 11 is 0. The number of hydrogen-bond acceptors (Lipinski definition) is 8. The van der Waals surface area contributed by atoms with E-state index >= 15 is 0 Å². The predicted molar refractivity (Wildman–Crippen MR) is 121 cm³/mol. The minimum atomic E-state index is -0.821. The van der Waals surface area contributed by atoms with Crippen LogP contribution in [0, 0.1) is 5.41 Å². The molecule has 0 N–H and O–H groups in total. The SMILES string of the molecule is CC(C)(C)OC(=O)N1CCN(CC(=O)C2=CN=C3C=CC(=O)CC34C=CC=NC4=N2)CC1. The molecule has 0 aromatic carbocycles. The molecule has 4 rings (SSSR count). The lowest BCUT2D eigenvalue weighted by Gasteiger charge is -2.35. The molecule has 0 aromatic rings. The van der Waals surface area contributed by atoms with Crippen LogP contribution in [0.5, 0.6) is 0 Å². The molecule has 32 heavy (non-hydrogen) atoms. The molecule has 4 aliphatic rings. The fraction of sp³-hybridized carbons (Fsp3) is 0.478. The molecule has 1 unspecified atom stereocenters. The Labute approximate surface area is 186 Å². The predicted octanol–water partition coefficient (Wildman–Crippen LogP) is 1.96. The Morgan fingerprint density at radius 2 is 1.91 bits per heavy atom. The molecule has 0 aromatic heterocycles. The molecule has 9 heteroatoms. The molecule has 1 spiro atoms. The minimum absolute atomic E-state index is 0.0314. The van der Waals surface area contributed by atoms with Gasteiger partial charge in [-0.3, -0.25) is 19.5 Å². The van der Waals surface area contributed by atoms with Crippen LogP contribution in [0.4, 0.5) is 4.79 Å². The van der Waals surface area contributed by atoms with Gasteiger partial charge in [-0.05, 0) is 39.0 Å². The summed E-state index contributed by atoms with van der Waals surface area (Å²) in [6, 6.07) is 0. The van der Waals surface area contributed by atoms with Gasteiger partial charge in [0.05, 0.1) is 23.9 Å². The third-order valence-corrected chi connectivity index (χ3v) is 5.63. The van der Waals surface area contributed by atoms with Gasteiger partial charge in [0.25, 0.3) is 0 Å². The van der Waals surface area contributed by atoms with Gasteiger partial charge in [-0.25, -0.2) is 14.8 Å². The van der Waals surface area contributed by atoms with Crippen LogP contribution in [0.15, 0.2) is 51.2 Å². The number of carbonyl (C=O) groups excluding carboxylic acids is 3. The number of rotatable bonds is 3. The number of Topliss-reactive ketones (excluding diaryl/α,β-unsaturated/α-hetero) is 1. The number of amidine groups is 1. The third-order valence-electron chi connectivity index (χ3n) is 5.63. The average molecular weight is 438 g/mol. The van der Waals surface area contributed by atoms with E-state index in [-0.39, 0.29) is 36.3 Å². The van der Waals surface area contributed by atoms with Crippen LogP contribution >= 0.6 is 0 Å². The lowest BCUT2D eigenvalue weighted by atomic mass is 9.73. The topological polar surface area (TPSA) is 104 Å². The highest BCUT2D eigenvalue weighted by molar-refractivity contribution is 6.26. The molecule has 9 nitrogen and oxygen atoms in total. The third kappa shape index (κ3) is 4.52. The van der Waals surface area contributed by atoms with Crippen molar-refractivity contribution in [2.45, 2.75) is 32.8 Å². The van der Waals surface area contributed by atoms with Crippen molar-refractivity contribution in [3.63, 3.8) is 0 Å². The van der Waals surface area contributed by atoms with Gasteiger partial charge in [0.1, 0.15) is 17.1 Å². The second kappa shape index (κ2) is 8.38. The molecule has 0 saturated carbocycles. The van der Waals surface area contributed by atoms with E-state index in [4.69, 9.17) is 4.74 Å². The number of dihydropyridines is 1. The number of amides is 1. The smallest absolute Gasteiger partial charge is 0.410 e. The number of ether oxygens (including phenoxy) is 1. The molecule has 168 valence electrons. The van der Waals surface area contributed by atoms with Gasteiger partial charge in [-0.1, -0.05) is 6.08 Å². The molecule has 1 atom stereocenters. The Bertz CT molecular complexity index is 1020. The van der Waals surface area contributed by atoms with E-state index < -0.39 is 11.0 Å². The number of nitrogens with zero attached hydrogens (tertiary/aromatic N) is 5. The van der Waals surface area contributed by atoms with Crippen molar-refractivity contribution in [2.24, 2.45) is 20.4 Å². The van der Waals surface area contributed by atoms with Crippen LogP contribution in [0.1, 0.15) is 27.2 Å². The summed E-state index contributed by atoms with van der Waals surface area (Å²) < 4.78 is 5.42. The van der Waals surface area contributed by atoms with Crippen LogP contribution in [0.25, 0.3) is 0 Å². The van der Waals surface area contributed by atoms with Crippen LogP contribution in [0.3, 0.4) is 0 Å². The first kappa shape index (κ1) is 22.0. The van der Waals surface area contributed by atoms with Crippen molar-refractivity contribution >= 4 is 35.4 Å². The molecule has 1 saturated heterocycles. The molecular weight excluding hydrogens is 410 g/mol. The minimum Gasteiger partial charge on any atom is -0.444 e. The van der Waals surface area contributed by atoms with Gasteiger partial charge < -0.3 is 9.64 Å². The van der Waals surface area contributed by atoms with E-state index in [0.717, 1.165) is 0 Å². The molecule has 1 aliphatic carbocycles. The molecule has 0 radical (unpaired) electrons. The van der Waals surface area contributed by atoms with Crippen molar-refractivity contribution in [2.75, 3.05) is 32.7 Å². The second-order valence-electron chi connectivity index (χ2n) is 9.22. The van der Waals surface area contributed by atoms with E-state index in [1.807, 2.05) is 31.7 Å². The second-order valence-corrected chi connectivity index (χ2v) is 9.22. The van der Waals surface area contributed by atoms with Gasteiger partial charge in [0.15, 0.2) is 11.6 Å². The summed E-state index contributed by atoms with van der Waals surface area (Å²) in [6.45, 7) is 7.77. The lowest BCUT2D eigenvalue weighted by molar-refractivity contribution is -0.117. The normalized spacial score (nSPS) is 25.3. The van der Waals surface area contributed by atoms with E-state index in [0.29, 0.717) is 37.7 Å². The van der Waals surface area contributed by atoms with Crippen LogP contribution in [-0.4, -0.2) is 83.5 Å². The highest BCUT2D eigenvalue weighted by Crippen LogP contribution is 2.37. The largest absolute Gasteiger partial charge is 0.444 e. The molecular formula is C23H27N5O4. The van der Waals surface area contributed by atoms with Crippen LogP contribution in [-0.2, 0) is 14.3 Å². The van der Waals surface area contributed by atoms with Gasteiger partial charge in [0.2, 0.25) is 0 Å². The van der Waals surface area contributed by atoms with Crippen molar-refractivity contribution < 1.29 is 19.1 Å². The number of ketones is 2. The molecule has 3 heterocycles. The van der Waals surface area contributed by atoms with Crippen molar-refractivity contribution in [3.8, 4) is 0 Å². The first-order valence-corrected chi connectivity index (χ1v) is 10.7. The molecule has 3 aliphatic heterocycles. The van der Waals surface area contributed by atoms with Crippen LogP contribution < -0.4 is 0 Å². The fourth-order valence-corrected chi connectivity index (χ4v) is 3.99. The first-order chi connectivity index (χ1) is 15.2. The zero-order chi connectivity index (χ0) is 22.9. The maximum atomic E-state index is 13.0. The number of piperazine rings is 1. The van der Waals surface area contributed by atoms with E-state index in [9.17, 15) is 14.4 Å². The maximum absolute atomic E-state index is 13.0. The number of hydrogen-bond donors (Lipinski definition) is 0. The summed E-state index contributed by atoms with van der Waals surface area (Å²) in [7, 11) is 0. The Balaban J connectivity index is 1.43. The Morgan fingerprint density at radius 3 is 2.62 bits per heavy atom. The summed E-state index contributed by atoms with van der Waals surface area (Å²) in [5.74, 6) is 0.195. The molecule has 0 bridgehead atoms. The van der Waals surface area contributed by atoms with Gasteiger partial charge in [-0.15, -0.1) is 0 Å². The standard InChI is InChI=1S/C23H27N5O4/c1-22(2,3)32-21(31)28-11-9-27(10-12-28)15-18(30)17-14-25-19-6-5-16(29)13-23(19)7-4-8-24-20(23)26-17/h4-8,14H,9-13,15H2,1-3H3. The summed E-state index contributed by atoms with van der Waals surface area (Å²) in [4.78, 5) is 54.4. The van der Waals surface area contributed by atoms with Crippen LogP contribution in [0.2, 0.25) is 0 Å². The van der Waals surface area contributed by atoms with E-state index in [1.165, 1.54) is 12.3 Å². The first-order valence-electron chi connectivity index (χ1n) is 10.7. The average Bonchev–Trinajstić information content (AvgIpc) is 2.89. The van der Waals surface area contributed by atoms with Gasteiger partial charge in [-0.2, -0.15) is 0 Å². The monoisotopic (exact) mass is 437 g/mol. The maximum Gasteiger partial charge on any atom is 0.410 e. The van der Waals surface area contributed by atoms with E-state index in [1.54, 1.807) is 23.3 Å². The highest BCUT2D eigenvalue weighted by atomic mass is 16.6. The Kier molecular flexibility index (Phi) is 5.77. The van der Waals surface area contributed by atoms with E-state index in [2.05, 4.69) is 15.0 Å². The van der Waals surface area contributed by atoms with Crippen molar-refractivity contribution in [1.82, 2.24) is 9.80 Å². The summed E-state index contributed by atoms with van der Waals surface area (Å²) in [5.41, 5.74) is -0.498. The zero-order valence-electron chi connectivity index (χ0n) is 18.6. The lowest BCUT2D eigenvalue weighted by Crippen LogP contribution is -2.51. The number of allylic oxidation sites excluding steroid dienone is 3. The highest BCUT2D eigenvalue weighted by Gasteiger charge is 2.44. The number of aliphatic imine (C=N–C) groups is 3. The van der Waals surface area contributed by atoms with Gasteiger partial charge in [0, 0.05) is 38.8 Å².